The van der Waals surface area contributed by atoms with Crippen molar-refractivity contribution >= 4 is 11.6 Å². The summed E-state index contributed by atoms with van der Waals surface area (Å²) in [5.41, 5.74) is 0.800. The lowest BCUT2D eigenvalue weighted by Gasteiger charge is -2.30. The van der Waals surface area contributed by atoms with E-state index in [-0.39, 0.29) is 11.9 Å². The summed E-state index contributed by atoms with van der Waals surface area (Å²) in [6, 6.07) is 3.83. The molecule has 1 unspecified atom stereocenters. The number of nitrogens with one attached hydrogen (secondary N) is 2. The number of aromatic nitrogens is 1. The molecule has 1 aliphatic heterocycles. The minimum Gasteiger partial charge on any atom is -0.326 e. The van der Waals surface area contributed by atoms with Gasteiger partial charge in [0, 0.05) is 50.2 Å². The van der Waals surface area contributed by atoms with E-state index in [4.69, 9.17) is 0 Å². The SMILES string of the molecule is CN1CCNC(CC(=O)Nc2ccncc2)C1. The third kappa shape index (κ3) is 3.80. The fourth-order valence-electron chi connectivity index (χ4n) is 2.00. The van der Waals surface area contributed by atoms with Crippen molar-refractivity contribution in [1.29, 1.82) is 0 Å². The standard InChI is InChI=1S/C12H18N4O/c1-16-7-6-14-11(9-16)8-12(17)15-10-2-4-13-5-3-10/h2-5,11,14H,6-9H2,1H3,(H,13,15,17). The highest BCUT2D eigenvalue weighted by molar-refractivity contribution is 5.90. The van der Waals surface area contributed by atoms with E-state index in [0.717, 1.165) is 25.3 Å². The van der Waals surface area contributed by atoms with Gasteiger partial charge in [0.25, 0.3) is 0 Å². The molecular weight excluding hydrogens is 216 g/mol. The molecule has 0 aliphatic carbocycles. The number of pyridine rings is 1. The van der Waals surface area contributed by atoms with Crippen molar-refractivity contribution < 1.29 is 4.79 Å². The molecule has 0 spiro atoms. The number of piperazine rings is 1. The van der Waals surface area contributed by atoms with E-state index in [9.17, 15) is 4.79 Å². The van der Waals surface area contributed by atoms with Gasteiger partial charge in [-0.25, -0.2) is 0 Å². The van der Waals surface area contributed by atoms with Crippen LogP contribution in [0, 0.1) is 0 Å². The van der Waals surface area contributed by atoms with Crippen molar-refractivity contribution in [3.63, 3.8) is 0 Å². The summed E-state index contributed by atoms with van der Waals surface area (Å²) in [6.45, 7) is 2.91. The van der Waals surface area contributed by atoms with E-state index in [1.165, 1.54) is 0 Å². The van der Waals surface area contributed by atoms with Gasteiger partial charge >= 0.3 is 0 Å². The molecule has 1 saturated heterocycles. The first-order valence-electron chi connectivity index (χ1n) is 5.86. The molecule has 5 nitrogen and oxygen atoms in total. The molecule has 5 heteroatoms. The Balaban J connectivity index is 1.81. The second-order valence-corrected chi connectivity index (χ2v) is 4.40. The van der Waals surface area contributed by atoms with Gasteiger partial charge in [-0.2, -0.15) is 0 Å². The number of carbonyl (C=O) groups is 1. The summed E-state index contributed by atoms with van der Waals surface area (Å²) in [6.07, 6.45) is 3.84. The first kappa shape index (κ1) is 12.0. The van der Waals surface area contributed by atoms with Crippen LogP contribution in [-0.4, -0.2) is 48.5 Å². The summed E-state index contributed by atoms with van der Waals surface area (Å²) >= 11 is 0. The zero-order valence-electron chi connectivity index (χ0n) is 10.0. The van der Waals surface area contributed by atoms with Crippen LogP contribution >= 0.6 is 0 Å². The Bertz CT molecular complexity index is 368. The highest BCUT2D eigenvalue weighted by atomic mass is 16.1. The molecule has 2 rings (SSSR count). The van der Waals surface area contributed by atoms with Crippen LogP contribution in [0.2, 0.25) is 0 Å². The van der Waals surface area contributed by atoms with Crippen molar-refractivity contribution in [1.82, 2.24) is 15.2 Å². The Kier molecular flexibility index (Phi) is 4.06. The van der Waals surface area contributed by atoms with Crippen LogP contribution in [0.1, 0.15) is 6.42 Å². The van der Waals surface area contributed by atoms with E-state index in [1.54, 1.807) is 24.5 Å². The number of rotatable bonds is 3. The van der Waals surface area contributed by atoms with Gasteiger partial charge in [0.1, 0.15) is 0 Å². The third-order valence-corrected chi connectivity index (χ3v) is 2.85. The Hall–Kier alpha value is -1.46. The Morgan fingerprint density at radius 1 is 1.59 bits per heavy atom. The molecule has 0 saturated carbocycles. The molecule has 0 radical (unpaired) electrons. The predicted octanol–water partition coefficient (Wildman–Crippen LogP) is 0.314. The molecule has 2 heterocycles. The summed E-state index contributed by atoms with van der Waals surface area (Å²) in [7, 11) is 2.08. The van der Waals surface area contributed by atoms with Crippen molar-refractivity contribution in [3.05, 3.63) is 24.5 Å². The van der Waals surface area contributed by atoms with Crippen LogP contribution in [0.4, 0.5) is 5.69 Å². The molecule has 1 amide bonds. The van der Waals surface area contributed by atoms with Crippen LogP contribution in [0.5, 0.6) is 0 Å². The van der Waals surface area contributed by atoms with Gasteiger partial charge in [0.05, 0.1) is 0 Å². The van der Waals surface area contributed by atoms with Crippen LogP contribution < -0.4 is 10.6 Å². The zero-order valence-corrected chi connectivity index (χ0v) is 10.0. The third-order valence-electron chi connectivity index (χ3n) is 2.85. The van der Waals surface area contributed by atoms with Gasteiger partial charge in [-0.1, -0.05) is 0 Å². The maximum atomic E-state index is 11.8. The van der Waals surface area contributed by atoms with Gasteiger partial charge in [0.2, 0.25) is 5.91 Å². The Morgan fingerprint density at radius 2 is 2.35 bits per heavy atom. The molecule has 1 aliphatic rings. The molecule has 17 heavy (non-hydrogen) atoms. The van der Waals surface area contributed by atoms with Gasteiger partial charge in [-0.15, -0.1) is 0 Å². The molecular formula is C12H18N4O. The van der Waals surface area contributed by atoms with Crippen LogP contribution in [0.3, 0.4) is 0 Å². The molecule has 0 bridgehead atoms. The average molecular weight is 234 g/mol. The molecule has 1 aromatic heterocycles. The smallest absolute Gasteiger partial charge is 0.225 e. The lowest BCUT2D eigenvalue weighted by molar-refractivity contribution is -0.116. The van der Waals surface area contributed by atoms with Crippen molar-refractivity contribution in [2.24, 2.45) is 0 Å². The Morgan fingerprint density at radius 3 is 3.06 bits per heavy atom. The second-order valence-electron chi connectivity index (χ2n) is 4.40. The maximum Gasteiger partial charge on any atom is 0.225 e. The minimum atomic E-state index is 0.0454. The number of carbonyl (C=O) groups excluding carboxylic acids is 1. The maximum absolute atomic E-state index is 11.8. The number of anilines is 1. The quantitative estimate of drug-likeness (QED) is 0.790. The van der Waals surface area contributed by atoms with E-state index in [2.05, 4.69) is 27.6 Å². The summed E-state index contributed by atoms with van der Waals surface area (Å²) in [5.74, 6) is 0.0454. The zero-order chi connectivity index (χ0) is 12.1. The normalized spacial score (nSPS) is 21.1. The monoisotopic (exact) mass is 234 g/mol. The lowest BCUT2D eigenvalue weighted by Crippen LogP contribution is -2.50. The van der Waals surface area contributed by atoms with Crippen molar-refractivity contribution in [3.8, 4) is 0 Å². The van der Waals surface area contributed by atoms with Gasteiger partial charge in [0.15, 0.2) is 0 Å². The second kappa shape index (κ2) is 5.75. The Labute approximate surface area is 101 Å². The van der Waals surface area contributed by atoms with E-state index >= 15 is 0 Å². The van der Waals surface area contributed by atoms with Crippen molar-refractivity contribution in [2.45, 2.75) is 12.5 Å². The van der Waals surface area contributed by atoms with Gasteiger partial charge < -0.3 is 15.5 Å². The van der Waals surface area contributed by atoms with E-state index in [1.807, 2.05) is 0 Å². The average Bonchev–Trinajstić information content (AvgIpc) is 2.30. The van der Waals surface area contributed by atoms with Gasteiger partial charge in [-0.3, -0.25) is 9.78 Å². The fraction of sp³-hybridized carbons (Fsp3) is 0.500. The molecule has 1 atom stereocenters. The lowest BCUT2D eigenvalue weighted by atomic mass is 10.1. The first-order chi connectivity index (χ1) is 8.24. The van der Waals surface area contributed by atoms with E-state index in [0.29, 0.717) is 6.42 Å². The topological polar surface area (TPSA) is 57.3 Å². The predicted molar refractivity (Wildman–Crippen MR) is 66.8 cm³/mol. The first-order valence-corrected chi connectivity index (χ1v) is 5.86. The molecule has 92 valence electrons. The number of likely N-dealkylation sites (N-methyl/N-ethyl adjacent to an activating group) is 1. The van der Waals surface area contributed by atoms with Crippen LogP contribution in [-0.2, 0) is 4.79 Å². The highest BCUT2D eigenvalue weighted by Gasteiger charge is 2.19. The number of hydrogen-bond donors (Lipinski definition) is 2. The molecule has 1 aromatic rings. The minimum absolute atomic E-state index is 0.0454. The summed E-state index contributed by atoms with van der Waals surface area (Å²) in [5, 5.41) is 6.22. The largest absolute Gasteiger partial charge is 0.326 e. The highest BCUT2D eigenvalue weighted by Crippen LogP contribution is 2.06. The number of hydrogen-bond acceptors (Lipinski definition) is 4. The van der Waals surface area contributed by atoms with E-state index < -0.39 is 0 Å². The van der Waals surface area contributed by atoms with Crippen LogP contribution in [0.25, 0.3) is 0 Å². The number of amides is 1. The van der Waals surface area contributed by atoms with Gasteiger partial charge in [-0.05, 0) is 19.2 Å². The van der Waals surface area contributed by atoms with Crippen LogP contribution in [0.15, 0.2) is 24.5 Å². The van der Waals surface area contributed by atoms with Crippen molar-refractivity contribution in [2.75, 3.05) is 32.0 Å². The summed E-state index contributed by atoms with van der Waals surface area (Å²) < 4.78 is 0. The molecule has 0 aromatic carbocycles. The molecule has 2 N–H and O–H groups in total. The summed E-state index contributed by atoms with van der Waals surface area (Å²) in [4.78, 5) is 17.9. The fourth-order valence-corrected chi connectivity index (χ4v) is 2.00. The molecule has 1 fully saturated rings. The number of nitrogens with zero attached hydrogens (tertiary/aromatic N) is 2.